The third-order valence-electron chi connectivity index (χ3n) is 3.92. The Bertz CT molecular complexity index is 653. The molecule has 1 aliphatic rings. The van der Waals surface area contributed by atoms with E-state index in [0.29, 0.717) is 24.6 Å². The molecule has 0 aliphatic carbocycles. The minimum atomic E-state index is -0.105. The molecule has 0 saturated carbocycles. The van der Waals surface area contributed by atoms with Crippen molar-refractivity contribution in [1.82, 2.24) is 20.6 Å². The van der Waals surface area contributed by atoms with Crippen molar-refractivity contribution in [2.24, 2.45) is 0 Å². The first-order valence-electron chi connectivity index (χ1n) is 7.76. The summed E-state index contributed by atoms with van der Waals surface area (Å²) >= 11 is 0. The summed E-state index contributed by atoms with van der Waals surface area (Å²) in [7, 11) is 0. The third kappa shape index (κ3) is 3.76. The predicted octanol–water partition coefficient (Wildman–Crippen LogP) is 1.77. The normalized spacial score (nSPS) is 17.6. The Morgan fingerprint density at radius 1 is 1.30 bits per heavy atom. The molecule has 3 heterocycles. The van der Waals surface area contributed by atoms with Gasteiger partial charge in [-0.1, -0.05) is 10.3 Å². The van der Waals surface area contributed by atoms with Crippen LogP contribution >= 0.6 is 0 Å². The second-order valence-electron chi connectivity index (χ2n) is 5.63. The molecule has 1 unspecified atom stereocenters. The molecule has 1 saturated heterocycles. The molecule has 8 heteroatoms. The first-order valence-corrected chi connectivity index (χ1v) is 7.76. The van der Waals surface area contributed by atoms with Gasteiger partial charge in [-0.05, 0) is 33.1 Å². The standard InChI is InChI=1S/C15H20N4O4/c1-9-11(10(2)22-18-9)5-6-14(20)16-8-13-17-15(23-19-13)12-4-3-7-21-12/h12H,3-8H2,1-2H3,(H,16,20). The van der Waals surface area contributed by atoms with Crippen molar-refractivity contribution in [3.63, 3.8) is 0 Å². The molecule has 1 N–H and O–H groups in total. The second kappa shape index (κ2) is 6.91. The van der Waals surface area contributed by atoms with Crippen LogP contribution < -0.4 is 5.32 Å². The molecule has 0 spiro atoms. The van der Waals surface area contributed by atoms with Crippen LogP contribution in [0.25, 0.3) is 0 Å². The molecular weight excluding hydrogens is 300 g/mol. The van der Waals surface area contributed by atoms with Crippen molar-refractivity contribution >= 4 is 5.91 Å². The molecule has 0 radical (unpaired) electrons. The van der Waals surface area contributed by atoms with Gasteiger partial charge >= 0.3 is 0 Å². The fourth-order valence-electron chi connectivity index (χ4n) is 2.61. The minimum absolute atomic E-state index is 0.0755. The Balaban J connectivity index is 1.45. The Morgan fingerprint density at radius 3 is 2.87 bits per heavy atom. The zero-order chi connectivity index (χ0) is 16.2. The highest BCUT2D eigenvalue weighted by Crippen LogP contribution is 2.26. The number of aromatic nitrogens is 3. The summed E-state index contributed by atoms with van der Waals surface area (Å²) in [4.78, 5) is 16.2. The highest BCUT2D eigenvalue weighted by Gasteiger charge is 2.23. The fourth-order valence-corrected chi connectivity index (χ4v) is 2.61. The van der Waals surface area contributed by atoms with Gasteiger partial charge < -0.3 is 19.1 Å². The molecule has 2 aromatic rings. The van der Waals surface area contributed by atoms with Crippen LogP contribution in [-0.4, -0.2) is 27.8 Å². The van der Waals surface area contributed by atoms with Crippen LogP contribution in [0, 0.1) is 13.8 Å². The van der Waals surface area contributed by atoms with Crippen molar-refractivity contribution in [2.75, 3.05) is 6.61 Å². The van der Waals surface area contributed by atoms with Crippen molar-refractivity contribution in [1.29, 1.82) is 0 Å². The lowest BCUT2D eigenvalue weighted by molar-refractivity contribution is -0.121. The van der Waals surface area contributed by atoms with Crippen LogP contribution in [0.4, 0.5) is 0 Å². The van der Waals surface area contributed by atoms with Gasteiger partial charge in [-0.25, -0.2) is 0 Å². The van der Waals surface area contributed by atoms with E-state index in [4.69, 9.17) is 13.8 Å². The Hall–Kier alpha value is -2.22. The van der Waals surface area contributed by atoms with Crippen molar-refractivity contribution < 1.29 is 18.6 Å². The summed E-state index contributed by atoms with van der Waals surface area (Å²) in [6.45, 7) is 4.69. The number of hydrogen-bond acceptors (Lipinski definition) is 7. The quantitative estimate of drug-likeness (QED) is 0.865. The van der Waals surface area contributed by atoms with Crippen LogP contribution in [0.1, 0.15) is 54.1 Å². The molecule has 0 bridgehead atoms. The van der Waals surface area contributed by atoms with Crippen molar-refractivity contribution in [3.05, 3.63) is 28.7 Å². The van der Waals surface area contributed by atoms with Gasteiger partial charge in [0, 0.05) is 18.6 Å². The zero-order valence-electron chi connectivity index (χ0n) is 13.3. The van der Waals surface area contributed by atoms with Crippen LogP contribution in [-0.2, 0) is 22.5 Å². The van der Waals surface area contributed by atoms with E-state index in [2.05, 4.69) is 20.6 Å². The minimum Gasteiger partial charge on any atom is -0.368 e. The molecule has 124 valence electrons. The maximum Gasteiger partial charge on any atom is 0.255 e. The smallest absolute Gasteiger partial charge is 0.255 e. The van der Waals surface area contributed by atoms with Crippen LogP contribution in [0.5, 0.6) is 0 Å². The molecule has 23 heavy (non-hydrogen) atoms. The van der Waals surface area contributed by atoms with Gasteiger partial charge in [0.15, 0.2) is 5.82 Å². The average molecular weight is 320 g/mol. The van der Waals surface area contributed by atoms with E-state index in [-0.39, 0.29) is 18.6 Å². The van der Waals surface area contributed by atoms with Gasteiger partial charge in [0.05, 0.1) is 12.2 Å². The van der Waals surface area contributed by atoms with E-state index in [1.807, 2.05) is 13.8 Å². The molecular formula is C15H20N4O4. The molecule has 1 aliphatic heterocycles. The van der Waals surface area contributed by atoms with Gasteiger partial charge in [0.1, 0.15) is 11.9 Å². The van der Waals surface area contributed by atoms with Gasteiger partial charge in [0.2, 0.25) is 5.91 Å². The number of hydrogen-bond donors (Lipinski definition) is 1. The van der Waals surface area contributed by atoms with E-state index in [1.54, 1.807) is 0 Å². The summed E-state index contributed by atoms with van der Waals surface area (Å²) < 4.78 is 15.7. The van der Waals surface area contributed by atoms with Gasteiger partial charge in [-0.15, -0.1) is 0 Å². The lowest BCUT2D eigenvalue weighted by atomic mass is 10.1. The summed E-state index contributed by atoms with van der Waals surface area (Å²) in [6.07, 6.45) is 2.75. The average Bonchev–Trinajstić information content (AvgIpc) is 3.25. The first-order chi connectivity index (χ1) is 11.1. The van der Waals surface area contributed by atoms with Gasteiger partial charge in [-0.3, -0.25) is 4.79 Å². The summed E-state index contributed by atoms with van der Waals surface area (Å²) in [5.41, 5.74) is 1.81. The van der Waals surface area contributed by atoms with Gasteiger partial charge in [0.25, 0.3) is 5.89 Å². The number of aryl methyl sites for hydroxylation is 2. The van der Waals surface area contributed by atoms with E-state index in [9.17, 15) is 4.79 Å². The number of carbonyl (C=O) groups is 1. The molecule has 2 aromatic heterocycles. The number of rotatable bonds is 6. The van der Waals surface area contributed by atoms with Gasteiger partial charge in [-0.2, -0.15) is 4.98 Å². The largest absolute Gasteiger partial charge is 0.368 e. The monoisotopic (exact) mass is 320 g/mol. The maximum absolute atomic E-state index is 11.9. The van der Waals surface area contributed by atoms with E-state index in [1.165, 1.54) is 0 Å². The molecule has 3 rings (SSSR count). The number of nitrogens with one attached hydrogen (secondary N) is 1. The van der Waals surface area contributed by atoms with E-state index in [0.717, 1.165) is 36.5 Å². The molecule has 8 nitrogen and oxygen atoms in total. The SMILES string of the molecule is Cc1noc(C)c1CCC(=O)NCc1noc(C2CCCO2)n1. The van der Waals surface area contributed by atoms with Crippen molar-refractivity contribution in [2.45, 2.75) is 52.2 Å². The fraction of sp³-hybridized carbons (Fsp3) is 0.600. The van der Waals surface area contributed by atoms with E-state index < -0.39 is 0 Å². The zero-order valence-corrected chi connectivity index (χ0v) is 13.3. The number of ether oxygens (including phenoxy) is 1. The second-order valence-corrected chi connectivity index (χ2v) is 5.63. The molecule has 1 amide bonds. The summed E-state index contributed by atoms with van der Waals surface area (Å²) in [5, 5.41) is 10.5. The van der Waals surface area contributed by atoms with Crippen LogP contribution in [0.3, 0.4) is 0 Å². The highest BCUT2D eigenvalue weighted by atomic mass is 16.5. The molecule has 1 atom stereocenters. The maximum atomic E-state index is 11.9. The predicted molar refractivity (Wildman–Crippen MR) is 78.4 cm³/mol. The summed E-state index contributed by atoms with van der Waals surface area (Å²) in [5.74, 6) is 1.63. The number of nitrogens with zero attached hydrogens (tertiary/aromatic N) is 3. The Kier molecular flexibility index (Phi) is 4.71. The number of amides is 1. The topological polar surface area (TPSA) is 103 Å². The lowest BCUT2D eigenvalue weighted by Crippen LogP contribution is -2.23. The lowest BCUT2D eigenvalue weighted by Gasteiger charge is -2.02. The highest BCUT2D eigenvalue weighted by molar-refractivity contribution is 5.76. The Labute approximate surface area is 133 Å². The first kappa shape index (κ1) is 15.7. The van der Waals surface area contributed by atoms with Crippen LogP contribution in [0.15, 0.2) is 9.05 Å². The van der Waals surface area contributed by atoms with Crippen molar-refractivity contribution in [3.8, 4) is 0 Å². The number of carbonyl (C=O) groups excluding carboxylic acids is 1. The third-order valence-corrected chi connectivity index (χ3v) is 3.92. The molecule has 0 aromatic carbocycles. The summed E-state index contributed by atoms with van der Waals surface area (Å²) in [6, 6.07) is 0. The van der Waals surface area contributed by atoms with Crippen LogP contribution in [0.2, 0.25) is 0 Å². The Morgan fingerprint density at radius 2 is 2.17 bits per heavy atom. The van der Waals surface area contributed by atoms with E-state index >= 15 is 0 Å². The molecule has 1 fully saturated rings.